The second-order valence-corrected chi connectivity index (χ2v) is 3.88. The molecule has 1 aromatic heterocycles. The lowest BCUT2D eigenvalue weighted by molar-refractivity contribution is 1.28. The molecule has 0 aliphatic heterocycles. The fourth-order valence-corrected chi connectivity index (χ4v) is 2.04. The van der Waals surface area contributed by atoms with Gasteiger partial charge in [-0.05, 0) is 55.2 Å². The first-order valence-corrected chi connectivity index (χ1v) is 5.09. The van der Waals surface area contributed by atoms with E-state index in [2.05, 4.69) is 44.0 Å². The highest BCUT2D eigenvalue weighted by Gasteiger charge is 2.06. The van der Waals surface area contributed by atoms with E-state index in [-0.39, 0.29) is 0 Å². The van der Waals surface area contributed by atoms with Gasteiger partial charge in [-0.2, -0.15) is 0 Å². The lowest BCUT2D eigenvalue weighted by Gasteiger charge is -2.10. The third-order valence-corrected chi connectivity index (χ3v) is 2.54. The van der Waals surface area contributed by atoms with Crippen LogP contribution in [0.5, 0.6) is 0 Å². The quantitative estimate of drug-likeness (QED) is 0.680. The first-order valence-electron chi connectivity index (χ1n) is 5.09. The molecule has 1 heteroatoms. The van der Waals surface area contributed by atoms with E-state index in [1.807, 2.05) is 12.3 Å². The molecule has 1 nitrogen and oxygen atoms in total. The summed E-state index contributed by atoms with van der Waals surface area (Å²) in [5.74, 6) is 0. The van der Waals surface area contributed by atoms with E-state index < -0.39 is 0 Å². The summed E-state index contributed by atoms with van der Waals surface area (Å²) in [6, 6.07) is 9.57. The number of nitrogens with zero attached hydrogens (tertiary/aromatic N) is 1. The average Bonchev–Trinajstić information content (AvgIpc) is 2.17. The summed E-state index contributed by atoms with van der Waals surface area (Å²) in [7, 11) is 0. The largest absolute Gasteiger partial charge is 0.264 e. The summed E-state index contributed by atoms with van der Waals surface area (Å²) >= 11 is 0. The summed E-state index contributed by atoms with van der Waals surface area (Å²) in [5.41, 5.74) is 6.10. The number of aryl methyl sites for hydroxylation is 3. The fourth-order valence-electron chi connectivity index (χ4n) is 2.04. The predicted octanol–water partition coefficient (Wildman–Crippen LogP) is 3.47. The van der Waals surface area contributed by atoms with Gasteiger partial charge >= 0.3 is 0 Å². The number of hydrogen-bond donors (Lipinski definition) is 0. The van der Waals surface area contributed by atoms with Crippen LogP contribution in [0, 0.1) is 26.8 Å². The summed E-state index contributed by atoms with van der Waals surface area (Å²) in [5, 5.41) is 0. The van der Waals surface area contributed by atoms with Crippen LogP contribution < -0.4 is 0 Å². The smallest absolute Gasteiger partial charge is 0.0346 e. The molecule has 0 aliphatic carbocycles. The molecule has 1 aromatic carbocycles. The van der Waals surface area contributed by atoms with Gasteiger partial charge in [0.25, 0.3) is 0 Å². The number of benzene rings is 1. The second-order valence-electron chi connectivity index (χ2n) is 3.88. The Bertz CT molecular complexity index is 449. The van der Waals surface area contributed by atoms with Gasteiger partial charge in [-0.1, -0.05) is 12.1 Å². The molecule has 0 amide bonds. The molecule has 1 radical (unpaired) electrons. The van der Waals surface area contributed by atoms with E-state index in [9.17, 15) is 0 Å². The Kier molecular flexibility index (Phi) is 2.55. The van der Waals surface area contributed by atoms with Crippen molar-refractivity contribution < 1.29 is 0 Å². The summed E-state index contributed by atoms with van der Waals surface area (Å²) in [6.45, 7) is 6.31. The Balaban J connectivity index is 2.64. The molecular formula is C14H14N. The maximum absolute atomic E-state index is 4.15. The van der Waals surface area contributed by atoms with Crippen molar-refractivity contribution in [3.05, 3.63) is 53.3 Å². The molecule has 1 heterocycles. The molecule has 0 bridgehead atoms. The van der Waals surface area contributed by atoms with Crippen LogP contribution >= 0.6 is 0 Å². The topological polar surface area (TPSA) is 12.9 Å². The number of aromatic nitrogens is 1. The van der Waals surface area contributed by atoms with Gasteiger partial charge < -0.3 is 0 Å². The van der Waals surface area contributed by atoms with E-state index in [1.54, 1.807) is 6.20 Å². The van der Waals surface area contributed by atoms with Crippen molar-refractivity contribution in [2.24, 2.45) is 0 Å². The lowest BCUT2D eigenvalue weighted by atomic mass is 9.95. The molecule has 15 heavy (non-hydrogen) atoms. The third-order valence-electron chi connectivity index (χ3n) is 2.54. The minimum absolute atomic E-state index is 1.17. The van der Waals surface area contributed by atoms with E-state index in [0.29, 0.717) is 0 Å². The van der Waals surface area contributed by atoms with Gasteiger partial charge in [-0.3, -0.25) is 4.98 Å². The van der Waals surface area contributed by atoms with Crippen molar-refractivity contribution in [1.82, 2.24) is 4.98 Å². The molecule has 75 valence electrons. The van der Waals surface area contributed by atoms with Crippen molar-refractivity contribution in [2.45, 2.75) is 20.8 Å². The van der Waals surface area contributed by atoms with Gasteiger partial charge in [0, 0.05) is 18.0 Å². The zero-order valence-corrected chi connectivity index (χ0v) is 9.33. The lowest BCUT2D eigenvalue weighted by Crippen LogP contribution is -1.90. The summed E-state index contributed by atoms with van der Waals surface area (Å²) in [6.07, 6.45) is 3.70. The number of hydrogen-bond acceptors (Lipinski definition) is 1. The maximum atomic E-state index is 4.15. The van der Waals surface area contributed by atoms with Crippen molar-refractivity contribution in [3.63, 3.8) is 0 Å². The highest BCUT2D eigenvalue weighted by molar-refractivity contribution is 5.70. The predicted molar refractivity (Wildman–Crippen MR) is 62.7 cm³/mol. The number of rotatable bonds is 1. The van der Waals surface area contributed by atoms with Crippen LogP contribution in [0.1, 0.15) is 16.7 Å². The molecular weight excluding hydrogens is 182 g/mol. The SMILES string of the molecule is Cc1[c]c(C)c(-c2cccnc2)c(C)c1. The minimum Gasteiger partial charge on any atom is -0.264 e. The van der Waals surface area contributed by atoms with Gasteiger partial charge in [-0.15, -0.1) is 0 Å². The highest BCUT2D eigenvalue weighted by Crippen LogP contribution is 2.26. The van der Waals surface area contributed by atoms with Crippen LogP contribution in [0.15, 0.2) is 30.6 Å². The minimum atomic E-state index is 1.17. The molecule has 0 N–H and O–H groups in total. The van der Waals surface area contributed by atoms with Gasteiger partial charge in [0.2, 0.25) is 0 Å². The van der Waals surface area contributed by atoms with Crippen molar-refractivity contribution in [2.75, 3.05) is 0 Å². The zero-order valence-electron chi connectivity index (χ0n) is 9.33. The van der Waals surface area contributed by atoms with E-state index in [4.69, 9.17) is 0 Å². The summed E-state index contributed by atoms with van der Waals surface area (Å²) in [4.78, 5) is 4.15. The Morgan fingerprint density at radius 2 is 2.00 bits per heavy atom. The van der Waals surface area contributed by atoms with Crippen LogP contribution in [0.25, 0.3) is 11.1 Å². The normalized spacial score (nSPS) is 10.3. The van der Waals surface area contributed by atoms with Crippen LogP contribution in [0.3, 0.4) is 0 Å². The molecule has 0 atom stereocenters. The van der Waals surface area contributed by atoms with E-state index >= 15 is 0 Å². The Labute approximate surface area is 90.8 Å². The third kappa shape index (κ3) is 1.91. The van der Waals surface area contributed by atoms with Gasteiger partial charge in [0.05, 0.1) is 0 Å². The first kappa shape index (κ1) is 9.91. The van der Waals surface area contributed by atoms with Crippen LogP contribution in [-0.2, 0) is 0 Å². The standard InChI is InChI=1S/C14H14N/c1-10-7-11(2)14(12(3)8-10)13-5-4-6-15-9-13/h4-7,9H,1-3H3. The highest BCUT2D eigenvalue weighted by atomic mass is 14.6. The van der Waals surface area contributed by atoms with Crippen LogP contribution in [-0.4, -0.2) is 4.98 Å². The maximum Gasteiger partial charge on any atom is 0.0346 e. The second kappa shape index (κ2) is 3.85. The van der Waals surface area contributed by atoms with E-state index in [0.717, 1.165) is 0 Å². The molecule has 0 aliphatic rings. The monoisotopic (exact) mass is 196 g/mol. The van der Waals surface area contributed by atoms with Gasteiger partial charge in [-0.25, -0.2) is 0 Å². The molecule has 0 saturated heterocycles. The van der Waals surface area contributed by atoms with E-state index in [1.165, 1.54) is 27.8 Å². The average molecular weight is 196 g/mol. The molecule has 0 unspecified atom stereocenters. The fraction of sp³-hybridized carbons (Fsp3) is 0.214. The van der Waals surface area contributed by atoms with Crippen LogP contribution in [0.4, 0.5) is 0 Å². The zero-order chi connectivity index (χ0) is 10.8. The molecule has 0 fully saturated rings. The van der Waals surface area contributed by atoms with Crippen molar-refractivity contribution >= 4 is 0 Å². The van der Waals surface area contributed by atoms with Gasteiger partial charge in [0.15, 0.2) is 0 Å². The first-order chi connectivity index (χ1) is 7.18. The van der Waals surface area contributed by atoms with Gasteiger partial charge in [0.1, 0.15) is 0 Å². The van der Waals surface area contributed by atoms with Crippen molar-refractivity contribution in [3.8, 4) is 11.1 Å². The molecule has 2 rings (SSSR count). The van der Waals surface area contributed by atoms with Crippen LogP contribution in [0.2, 0.25) is 0 Å². The number of pyridine rings is 1. The Hall–Kier alpha value is -1.63. The van der Waals surface area contributed by atoms with Crippen molar-refractivity contribution in [1.29, 1.82) is 0 Å². The Morgan fingerprint density at radius 3 is 2.60 bits per heavy atom. The summed E-state index contributed by atoms with van der Waals surface area (Å²) < 4.78 is 0. The molecule has 2 aromatic rings. The molecule has 0 spiro atoms. The molecule has 0 saturated carbocycles. The Morgan fingerprint density at radius 1 is 1.20 bits per heavy atom.